The summed E-state index contributed by atoms with van der Waals surface area (Å²) >= 11 is 6.51. The Balaban J connectivity index is 1.33. The molecule has 2 aliphatic carbocycles. The molecular weight excluding hydrogens is 555 g/mol. The van der Waals surface area contributed by atoms with Crippen molar-refractivity contribution in [1.29, 1.82) is 0 Å². The lowest BCUT2D eigenvalue weighted by molar-refractivity contribution is -0.147. The van der Waals surface area contributed by atoms with Gasteiger partial charge in [0, 0.05) is 37.1 Å². The number of Topliss-reactive ketones (excluding diaryl/α,β-unsaturated/α-hetero) is 1. The van der Waals surface area contributed by atoms with Crippen molar-refractivity contribution in [2.45, 2.75) is 32.2 Å². The van der Waals surface area contributed by atoms with Gasteiger partial charge in [-0.25, -0.2) is 4.98 Å². The Hall–Kier alpha value is -4.25. The van der Waals surface area contributed by atoms with Gasteiger partial charge in [-0.2, -0.15) is 4.39 Å². The van der Waals surface area contributed by atoms with Crippen LogP contribution in [0.4, 0.5) is 10.2 Å². The molecule has 10 nitrogen and oxygen atoms in total. The fourth-order valence-electron chi connectivity index (χ4n) is 6.19. The van der Waals surface area contributed by atoms with Crippen molar-refractivity contribution in [3.63, 3.8) is 0 Å². The summed E-state index contributed by atoms with van der Waals surface area (Å²) in [6.07, 6.45) is 7.97. The van der Waals surface area contributed by atoms with Gasteiger partial charge in [-0.05, 0) is 59.9 Å². The van der Waals surface area contributed by atoms with E-state index in [1.165, 1.54) is 31.4 Å². The Morgan fingerprint density at radius 2 is 2.00 bits per heavy atom. The van der Waals surface area contributed by atoms with Gasteiger partial charge in [0.15, 0.2) is 12.4 Å². The Morgan fingerprint density at radius 1 is 1.22 bits per heavy atom. The highest BCUT2D eigenvalue weighted by Gasteiger charge is 2.62. The van der Waals surface area contributed by atoms with Gasteiger partial charge in [0.1, 0.15) is 11.7 Å². The highest BCUT2D eigenvalue weighted by molar-refractivity contribution is 6.40. The SMILES string of the molecule is CC(=O)Nc1ccc(C(=O)COC(=O)C2CN3C(=O)CC4(CC4)C3C3=C2C2=CC(=O)C=CC2=C(Cl)C=NC3)c(F)n1. The zero-order valence-corrected chi connectivity index (χ0v) is 22.7. The largest absolute Gasteiger partial charge is 0.457 e. The second-order valence-corrected chi connectivity index (χ2v) is 11.2. The Bertz CT molecular complexity index is 1600. The van der Waals surface area contributed by atoms with Crippen LogP contribution in [0.25, 0.3) is 0 Å². The second-order valence-electron chi connectivity index (χ2n) is 10.8. The number of fused-ring (bicyclic) bond motifs is 5. The minimum atomic E-state index is -1.12. The molecule has 2 amide bonds. The summed E-state index contributed by atoms with van der Waals surface area (Å²) in [4.78, 5) is 73.0. The van der Waals surface area contributed by atoms with E-state index in [1.807, 2.05) is 0 Å². The molecule has 2 atom stereocenters. The average molecular weight is 579 g/mol. The van der Waals surface area contributed by atoms with Gasteiger partial charge in [0.2, 0.25) is 23.5 Å². The molecule has 1 aromatic heterocycles. The predicted octanol–water partition coefficient (Wildman–Crippen LogP) is 2.86. The molecule has 1 spiro atoms. The molecule has 2 unspecified atom stereocenters. The van der Waals surface area contributed by atoms with Gasteiger partial charge < -0.3 is 15.0 Å². The average Bonchev–Trinajstić information content (AvgIpc) is 3.63. The molecule has 0 aromatic carbocycles. The van der Waals surface area contributed by atoms with Crippen molar-refractivity contribution in [3.05, 3.63) is 69.2 Å². The molecule has 3 aliphatic heterocycles. The van der Waals surface area contributed by atoms with Crippen molar-refractivity contribution >= 4 is 53.0 Å². The molecule has 1 aromatic rings. The zero-order valence-electron chi connectivity index (χ0n) is 21.9. The van der Waals surface area contributed by atoms with Gasteiger partial charge in [-0.15, -0.1) is 0 Å². The summed E-state index contributed by atoms with van der Waals surface area (Å²) < 4.78 is 19.9. The maximum atomic E-state index is 14.5. The summed E-state index contributed by atoms with van der Waals surface area (Å²) in [6.45, 7) is 0.626. The van der Waals surface area contributed by atoms with Gasteiger partial charge >= 0.3 is 5.97 Å². The van der Waals surface area contributed by atoms with E-state index in [1.54, 1.807) is 11.0 Å². The van der Waals surface area contributed by atoms with Crippen molar-refractivity contribution in [2.24, 2.45) is 16.3 Å². The number of carbonyl (C=O) groups excluding carboxylic acids is 5. The zero-order chi connectivity index (χ0) is 29.1. The summed E-state index contributed by atoms with van der Waals surface area (Å²) in [6, 6.07) is 2.14. The molecule has 12 heteroatoms. The summed E-state index contributed by atoms with van der Waals surface area (Å²) in [5, 5.41) is 2.62. The van der Waals surface area contributed by atoms with Crippen LogP contribution in [0.2, 0.25) is 0 Å². The lowest BCUT2D eigenvalue weighted by Gasteiger charge is -2.41. The number of amides is 2. The maximum Gasteiger partial charge on any atom is 0.315 e. The Morgan fingerprint density at radius 3 is 2.71 bits per heavy atom. The molecule has 41 heavy (non-hydrogen) atoms. The highest BCUT2D eigenvalue weighted by Crippen LogP contribution is 2.61. The number of anilines is 1. The Kier molecular flexibility index (Phi) is 6.56. The van der Waals surface area contributed by atoms with E-state index in [9.17, 15) is 28.4 Å². The fourth-order valence-corrected chi connectivity index (χ4v) is 6.42. The third-order valence-electron chi connectivity index (χ3n) is 8.10. The van der Waals surface area contributed by atoms with Crippen LogP contribution in [0.1, 0.15) is 36.5 Å². The van der Waals surface area contributed by atoms with Crippen molar-refractivity contribution < 1.29 is 33.1 Å². The molecular formula is C29H24ClFN4O6. The van der Waals surface area contributed by atoms with E-state index in [-0.39, 0.29) is 42.1 Å². The van der Waals surface area contributed by atoms with E-state index in [2.05, 4.69) is 15.3 Å². The number of aromatic nitrogens is 1. The molecule has 1 saturated heterocycles. The van der Waals surface area contributed by atoms with Gasteiger partial charge in [0.05, 0.1) is 23.2 Å². The summed E-state index contributed by atoms with van der Waals surface area (Å²) in [5.41, 5.74) is 1.63. The monoisotopic (exact) mass is 578 g/mol. The van der Waals surface area contributed by atoms with Gasteiger partial charge in [-0.1, -0.05) is 11.6 Å². The van der Waals surface area contributed by atoms with Crippen LogP contribution in [-0.4, -0.2) is 71.2 Å². The van der Waals surface area contributed by atoms with Crippen LogP contribution < -0.4 is 5.32 Å². The Labute approximate surface area is 238 Å². The predicted molar refractivity (Wildman–Crippen MR) is 145 cm³/mol. The number of hydrogen-bond acceptors (Lipinski definition) is 8. The summed E-state index contributed by atoms with van der Waals surface area (Å²) in [5.74, 6) is -4.68. The number of carbonyl (C=O) groups is 5. The number of ketones is 2. The van der Waals surface area contributed by atoms with Crippen LogP contribution in [0.15, 0.2) is 62.7 Å². The minimum Gasteiger partial charge on any atom is -0.457 e. The number of nitrogens with zero attached hydrogens (tertiary/aromatic N) is 3. The smallest absolute Gasteiger partial charge is 0.315 e. The number of rotatable bonds is 5. The topological polar surface area (TPSA) is 135 Å². The molecule has 0 radical (unpaired) electrons. The quantitative estimate of drug-likeness (QED) is 0.322. The van der Waals surface area contributed by atoms with E-state index >= 15 is 0 Å². The number of nitrogens with one attached hydrogen (secondary N) is 1. The van der Waals surface area contributed by atoms with E-state index in [4.69, 9.17) is 16.3 Å². The van der Waals surface area contributed by atoms with Crippen molar-refractivity contribution in [2.75, 3.05) is 25.0 Å². The molecule has 5 aliphatic rings. The van der Waals surface area contributed by atoms with Crippen LogP contribution in [0, 0.1) is 17.3 Å². The highest BCUT2D eigenvalue weighted by atomic mass is 35.5. The van der Waals surface area contributed by atoms with E-state index in [0.29, 0.717) is 28.2 Å². The van der Waals surface area contributed by atoms with Crippen LogP contribution in [0.5, 0.6) is 0 Å². The molecule has 0 bridgehead atoms. The van der Waals surface area contributed by atoms with E-state index < -0.39 is 41.7 Å². The number of ether oxygens (including phenoxy) is 1. The van der Waals surface area contributed by atoms with Crippen LogP contribution >= 0.6 is 11.6 Å². The van der Waals surface area contributed by atoms with Crippen LogP contribution in [0.3, 0.4) is 0 Å². The number of pyridine rings is 1. The molecule has 1 N–H and O–H groups in total. The second kappa shape index (κ2) is 9.99. The third-order valence-corrected chi connectivity index (χ3v) is 8.40. The molecule has 210 valence electrons. The maximum absolute atomic E-state index is 14.5. The number of allylic oxidation sites excluding steroid dienone is 6. The first-order chi connectivity index (χ1) is 19.6. The molecule has 6 rings (SSSR count). The number of halogens is 2. The minimum absolute atomic E-state index is 0.00228. The first-order valence-corrected chi connectivity index (χ1v) is 13.5. The number of esters is 1. The van der Waals surface area contributed by atoms with Gasteiger partial charge in [0.25, 0.3) is 0 Å². The van der Waals surface area contributed by atoms with Crippen molar-refractivity contribution in [1.82, 2.24) is 9.88 Å². The number of aliphatic imine (C=N–C) groups is 1. The lowest BCUT2D eigenvalue weighted by atomic mass is 9.74. The third kappa shape index (κ3) is 4.73. The lowest BCUT2D eigenvalue weighted by Crippen LogP contribution is -2.49. The molecule has 4 heterocycles. The van der Waals surface area contributed by atoms with Crippen LogP contribution in [-0.2, 0) is 23.9 Å². The van der Waals surface area contributed by atoms with E-state index in [0.717, 1.165) is 24.5 Å². The number of hydrogen-bond donors (Lipinski definition) is 1. The van der Waals surface area contributed by atoms with Crippen molar-refractivity contribution in [3.8, 4) is 0 Å². The van der Waals surface area contributed by atoms with Gasteiger partial charge in [-0.3, -0.25) is 29.0 Å². The molecule has 2 fully saturated rings. The first kappa shape index (κ1) is 26.9. The first-order valence-electron chi connectivity index (χ1n) is 13.1. The standard InChI is InChI=1S/C29H24ClFN4O6/c1-14(36)33-23-5-4-17(27(31)34-23)22(38)13-41-28(40)20-12-35-24(39)9-29(6-7-29)26(35)19-10-32-11-21(30)16-3-2-15(37)8-18(16)25(19)20/h2-5,8,11,20,26H,6-7,9-10,12-13H2,1H3,(H,33,34,36). The summed E-state index contributed by atoms with van der Waals surface area (Å²) in [7, 11) is 0. The fraction of sp³-hybridized carbons (Fsp3) is 0.345. The normalized spacial score (nSPS) is 23.9. The molecule has 1 saturated carbocycles.